The Bertz CT molecular complexity index is 930. The number of nitrogens with zero attached hydrogens (tertiary/aromatic N) is 4. The van der Waals surface area contributed by atoms with Gasteiger partial charge in [-0.1, -0.05) is 12.1 Å². The summed E-state index contributed by atoms with van der Waals surface area (Å²) in [5, 5.41) is 15.7. The Labute approximate surface area is 167 Å². The highest BCUT2D eigenvalue weighted by Crippen LogP contribution is 2.45. The molecule has 2 N–H and O–H groups in total. The van der Waals surface area contributed by atoms with Crippen LogP contribution in [0.25, 0.3) is 0 Å². The summed E-state index contributed by atoms with van der Waals surface area (Å²) in [5.41, 5.74) is 1.54. The smallest absolute Gasteiger partial charge is 0.354 e. The van der Waals surface area contributed by atoms with Crippen LogP contribution in [0.15, 0.2) is 30.5 Å². The number of urea groups is 1. The van der Waals surface area contributed by atoms with Gasteiger partial charge in [-0.15, -0.1) is 0 Å². The zero-order valence-electron chi connectivity index (χ0n) is 16.4. The number of hydrogen-bond donors (Lipinski definition) is 2. The molecule has 0 bridgehead atoms. The van der Waals surface area contributed by atoms with Crippen molar-refractivity contribution in [1.29, 1.82) is 0 Å². The average molecular weight is 401 g/mol. The molecule has 8 nitrogen and oxygen atoms in total. The standard InChI is InChI=1S/C20H24FN5O3/c1-24(2)20(29)26-10-14-9-25(8-13-7-22-23-17(13)19(27)28)11-16(14)18(26)12-4-3-5-15(21)6-12/h3-7,14,16,18H,8-11H2,1-2H3,(H,22,23)(H,27,28)/t14-,16-,18-/m1/s1. The maximum Gasteiger partial charge on any atom is 0.354 e. The minimum atomic E-state index is -1.03. The Morgan fingerprint density at radius 2 is 2.10 bits per heavy atom. The molecular weight excluding hydrogens is 377 g/mol. The summed E-state index contributed by atoms with van der Waals surface area (Å²) < 4.78 is 13.9. The van der Waals surface area contributed by atoms with E-state index in [1.165, 1.54) is 12.1 Å². The molecule has 29 heavy (non-hydrogen) atoms. The van der Waals surface area contributed by atoms with Gasteiger partial charge in [0.25, 0.3) is 0 Å². The van der Waals surface area contributed by atoms with Crippen molar-refractivity contribution < 1.29 is 19.1 Å². The number of amides is 2. The van der Waals surface area contributed by atoms with Gasteiger partial charge in [-0.3, -0.25) is 10.00 Å². The Hall–Kier alpha value is -2.94. The van der Waals surface area contributed by atoms with E-state index in [2.05, 4.69) is 15.1 Å². The molecule has 2 fully saturated rings. The summed E-state index contributed by atoms with van der Waals surface area (Å²) in [5.74, 6) is -0.951. The van der Waals surface area contributed by atoms with Gasteiger partial charge in [0.05, 0.1) is 12.2 Å². The number of fused-ring (bicyclic) bond motifs is 1. The lowest BCUT2D eigenvalue weighted by molar-refractivity contribution is 0.0688. The van der Waals surface area contributed by atoms with Crippen LogP contribution in [-0.2, 0) is 6.54 Å². The number of hydrogen-bond acceptors (Lipinski definition) is 4. The van der Waals surface area contributed by atoms with Crippen LogP contribution < -0.4 is 0 Å². The third-order valence-corrected chi connectivity index (χ3v) is 5.88. The van der Waals surface area contributed by atoms with Crippen molar-refractivity contribution in [3.05, 3.63) is 53.1 Å². The van der Waals surface area contributed by atoms with E-state index >= 15 is 0 Å². The highest BCUT2D eigenvalue weighted by atomic mass is 19.1. The van der Waals surface area contributed by atoms with Crippen molar-refractivity contribution in [3.8, 4) is 0 Å². The number of likely N-dealkylation sites (tertiary alicyclic amines) is 2. The zero-order chi connectivity index (χ0) is 20.7. The molecule has 2 aliphatic rings. The number of carbonyl (C=O) groups is 2. The maximum absolute atomic E-state index is 13.9. The lowest BCUT2D eigenvalue weighted by Gasteiger charge is -2.31. The number of aromatic carboxylic acids is 1. The molecule has 2 aliphatic heterocycles. The fraction of sp³-hybridized carbons (Fsp3) is 0.450. The van der Waals surface area contributed by atoms with Crippen LogP contribution in [0.2, 0.25) is 0 Å². The highest BCUT2D eigenvalue weighted by molar-refractivity contribution is 5.86. The molecule has 0 spiro atoms. The second-order valence-corrected chi connectivity index (χ2v) is 8.02. The van der Waals surface area contributed by atoms with Gasteiger partial charge >= 0.3 is 12.0 Å². The number of carboxylic acid groups (broad SMARTS) is 1. The molecule has 154 valence electrons. The van der Waals surface area contributed by atoms with Gasteiger partial charge in [0, 0.05) is 51.8 Å². The molecule has 2 amide bonds. The number of aromatic nitrogens is 2. The van der Waals surface area contributed by atoms with Crippen molar-refractivity contribution in [2.75, 3.05) is 33.7 Å². The van der Waals surface area contributed by atoms with E-state index in [9.17, 15) is 19.1 Å². The third kappa shape index (κ3) is 3.57. The summed E-state index contributed by atoms with van der Waals surface area (Å²) in [6.45, 7) is 2.52. The molecule has 1 aromatic carbocycles. The molecule has 0 unspecified atom stereocenters. The van der Waals surface area contributed by atoms with Crippen LogP contribution in [0, 0.1) is 17.7 Å². The average Bonchev–Trinajstić information content (AvgIpc) is 3.35. The minimum absolute atomic E-state index is 0.0804. The molecule has 0 aliphatic carbocycles. The molecule has 0 saturated carbocycles. The van der Waals surface area contributed by atoms with Crippen LogP contribution in [0.1, 0.15) is 27.7 Å². The number of rotatable bonds is 4. The number of halogens is 1. The minimum Gasteiger partial charge on any atom is -0.477 e. The fourth-order valence-electron chi connectivity index (χ4n) is 4.69. The number of H-pyrrole nitrogens is 1. The predicted octanol–water partition coefficient (Wildman–Crippen LogP) is 2.03. The van der Waals surface area contributed by atoms with Gasteiger partial charge in [-0.2, -0.15) is 5.10 Å². The second kappa shape index (κ2) is 7.47. The third-order valence-electron chi connectivity index (χ3n) is 5.88. The number of carboxylic acids is 1. The van der Waals surface area contributed by atoms with E-state index in [4.69, 9.17) is 0 Å². The van der Waals surface area contributed by atoms with Crippen LogP contribution in [0.4, 0.5) is 9.18 Å². The van der Waals surface area contributed by atoms with Gasteiger partial charge in [0.15, 0.2) is 0 Å². The Morgan fingerprint density at radius 3 is 2.79 bits per heavy atom. The van der Waals surface area contributed by atoms with Gasteiger partial charge < -0.3 is 14.9 Å². The van der Waals surface area contributed by atoms with Crippen LogP contribution in [-0.4, -0.2) is 75.7 Å². The fourth-order valence-corrected chi connectivity index (χ4v) is 4.69. The molecule has 2 aromatic rings. The van der Waals surface area contributed by atoms with Gasteiger partial charge in [0.2, 0.25) is 0 Å². The van der Waals surface area contributed by atoms with Crippen LogP contribution in [0.5, 0.6) is 0 Å². The van der Waals surface area contributed by atoms with E-state index in [-0.39, 0.29) is 35.4 Å². The van der Waals surface area contributed by atoms with E-state index in [0.717, 1.165) is 12.1 Å². The molecule has 1 aromatic heterocycles. The van der Waals surface area contributed by atoms with E-state index in [1.54, 1.807) is 31.3 Å². The zero-order valence-corrected chi connectivity index (χ0v) is 16.4. The molecule has 3 atom stereocenters. The van der Waals surface area contributed by atoms with Gasteiger partial charge in [-0.05, 0) is 23.6 Å². The highest BCUT2D eigenvalue weighted by Gasteiger charge is 2.49. The Kier molecular flexibility index (Phi) is 4.99. The lowest BCUT2D eigenvalue weighted by Crippen LogP contribution is -2.41. The maximum atomic E-state index is 13.9. The number of aromatic amines is 1. The van der Waals surface area contributed by atoms with Crippen molar-refractivity contribution >= 4 is 12.0 Å². The van der Waals surface area contributed by atoms with E-state index in [1.807, 2.05) is 11.0 Å². The Balaban J connectivity index is 1.58. The molecule has 9 heteroatoms. The summed E-state index contributed by atoms with van der Waals surface area (Å²) in [6, 6.07) is 6.16. The van der Waals surface area contributed by atoms with Gasteiger partial charge in [-0.25, -0.2) is 14.0 Å². The summed E-state index contributed by atoms with van der Waals surface area (Å²) >= 11 is 0. The topological polar surface area (TPSA) is 92.8 Å². The van der Waals surface area contributed by atoms with Crippen LogP contribution >= 0.6 is 0 Å². The normalized spacial score (nSPS) is 24.0. The van der Waals surface area contributed by atoms with E-state index in [0.29, 0.717) is 25.2 Å². The van der Waals surface area contributed by atoms with Crippen LogP contribution in [0.3, 0.4) is 0 Å². The molecule has 4 rings (SSSR count). The monoisotopic (exact) mass is 401 g/mol. The predicted molar refractivity (Wildman–Crippen MR) is 103 cm³/mol. The molecule has 3 heterocycles. The molecular formula is C20H24FN5O3. The number of carbonyl (C=O) groups excluding carboxylic acids is 1. The Morgan fingerprint density at radius 1 is 1.31 bits per heavy atom. The van der Waals surface area contributed by atoms with Crippen molar-refractivity contribution in [2.45, 2.75) is 12.6 Å². The SMILES string of the molecule is CN(C)C(=O)N1C[C@H]2CN(Cc3cn[nH]c3C(=O)O)C[C@H]2[C@H]1c1cccc(F)c1. The number of nitrogens with one attached hydrogen (secondary N) is 1. The summed E-state index contributed by atoms with van der Waals surface area (Å²) in [7, 11) is 3.44. The van der Waals surface area contributed by atoms with Crippen molar-refractivity contribution in [3.63, 3.8) is 0 Å². The number of benzene rings is 1. The first-order chi connectivity index (χ1) is 13.8. The molecule has 2 saturated heterocycles. The van der Waals surface area contributed by atoms with Crippen molar-refractivity contribution in [2.24, 2.45) is 11.8 Å². The lowest BCUT2D eigenvalue weighted by atomic mass is 9.89. The van der Waals surface area contributed by atoms with Gasteiger partial charge in [0.1, 0.15) is 11.5 Å². The van der Waals surface area contributed by atoms with E-state index < -0.39 is 5.97 Å². The largest absolute Gasteiger partial charge is 0.477 e. The quantitative estimate of drug-likeness (QED) is 0.818. The second-order valence-electron chi connectivity index (χ2n) is 8.02. The molecule has 0 radical (unpaired) electrons. The summed E-state index contributed by atoms with van der Waals surface area (Å²) in [4.78, 5) is 29.7. The first-order valence-corrected chi connectivity index (χ1v) is 9.56. The first-order valence-electron chi connectivity index (χ1n) is 9.56. The summed E-state index contributed by atoms with van der Waals surface area (Å²) in [6.07, 6.45) is 1.55. The first kappa shape index (κ1) is 19.4. The van der Waals surface area contributed by atoms with Crippen molar-refractivity contribution in [1.82, 2.24) is 24.9 Å².